The molecule has 4 heteroatoms. The quantitative estimate of drug-likeness (QED) is 0.190. The molecule has 0 radical (unpaired) electrons. The number of nitrogens with zero attached hydrogens (tertiary/aromatic N) is 2. The molecule has 0 aliphatic carbocycles. The van der Waals surface area contributed by atoms with Gasteiger partial charge in [0.15, 0.2) is 0 Å². The van der Waals surface area contributed by atoms with E-state index < -0.39 is 7.14 Å². The van der Waals surface area contributed by atoms with Crippen LogP contribution in [0.5, 0.6) is 0 Å². The van der Waals surface area contributed by atoms with Gasteiger partial charge in [-0.15, -0.1) is 0 Å². The number of pyridine rings is 1. The van der Waals surface area contributed by atoms with Gasteiger partial charge in [-0.2, -0.15) is 0 Å². The summed E-state index contributed by atoms with van der Waals surface area (Å²) in [7, 11) is -2.41. The van der Waals surface area contributed by atoms with Gasteiger partial charge < -0.3 is 4.57 Å². The second kappa shape index (κ2) is 7.28. The number of fused-ring (bicyclic) bond motifs is 9. The van der Waals surface area contributed by atoms with Crippen LogP contribution in [0.2, 0.25) is 0 Å². The summed E-state index contributed by atoms with van der Waals surface area (Å²) in [6.45, 7) is 3.69. The van der Waals surface area contributed by atoms with Crippen LogP contribution in [-0.2, 0) is 4.57 Å². The summed E-state index contributed by atoms with van der Waals surface area (Å²) in [5.74, 6) is 0. The highest BCUT2D eigenvalue weighted by atomic mass is 31.2. The van der Waals surface area contributed by atoms with Gasteiger partial charge in [-0.05, 0) is 58.8 Å². The molecule has 0 saturated heterocycles. The highest BCUT2D eigenvalue weighted by molar-refractivity contribution is 7.70. The van der Waals surface area contributed by atoms with E-state index in [0.29, 0.717) is 0 Å². The van der Waals surface area contributed by atoms with E-state index in [1.807, 2.05) is 31.5 Å². The minimum Gasteiger partial charge on any atom is -0.319 e. The van der Waals surface area contributed by atoms with Crippen LogP contribution >= 0.6 is 7.14 Å². The zero-order valence-electron chi connectivity index (χ0n) is 19.6. The highest BCUT2D eigenvalue weighted by Crippen LogP contribution is 2.41. The van der Waals surface area contributed by atoms with Crippen molar-refractivity contribution in [3.05, 3.63) is 103 Å². The van der Waals surface area contributed by atoms with E-state index in [0.717, 1.165) is 54.8 Å². The molecule has 35 heavy (non-hydrogen) atoms. The van der Waals surface area contributed by atoms with E-state index in [-0.39, 0.29) is 0 Å². The van der Waals surface area contributed by atoms with Gasteiger partial charge in [0.2, 0.25) is 0 Å². The first-order valence-electron chi connectivity index (χ1n) is 11.8. The maximum Gasteiger partial charge on any atom is 0.146 e. The van der Waals surface area contributed by atoms with Gasteiger partial charge >= 0.3 is 0 Å². The Morgan fingerprint density at radius 3 is 2.11 bits per heavy atom. The fourth-order valence-electron chi connectivity index (χ4n) is 5.48. The summed E-state index contributed by atoms with van der Waals surface area (Å²) in [4.78, 5) is 5.02. The van der Waals surface area contributed by atoms with E-state index in [4.69, 9.17) is 4.98 Å². The first-order chi connectivity index (χ1) is 17.0. The first kappa shape index (κ1) is 20.4. The number of aromatic nitrogens is 2. The van der Waals surface area contributed by atoms with E-state index in [9.17, 15) is 4.57 Å². The number of para-hydroxylation sites is 2. The molecular formula is C31H23N2OP. The van der Waals surface area contributed by atoms with Gasteiger partial charge in [-0.25, -0.2) is 4.98 Å². The van der Waals surface area contributed by atoms with Crippen molar-refractivity contribution >= 4 is 61.6 Å². The lowest BCUT2D eigenvalue weighted by Gasteiger charge is -2.16. The molecule has 0 spiro atoms. The molecule has 0 atom stereocenters. The molecule has 2 heterocycles. The standard InChI is InChI=1S/C31H23N2OP/c1-35(2,34)30-18-17-21(22-9-3-5-11-25(22)30)20-15-16-24-23-10-4-6-12-26(23)31-32-27-13-7-8-14-28(27)33(31)29(24)19-20/h3-19H,1-2H3. The maximum absolute atomic E-state index is 13.0. The van der Waals surface area contributed by atoms with Crippen LogP contribution in [0, 0.1) is 0 Å². The Labute approximate surface area is 203 Å². The molecule has 2 aromatic heterocycles. The fourth-order valence-corrected chi connectivity index (χ4v) is 6.69. The molecule has 0 bridgehead atoms. The minimum atomic E-state index is -2.41. The van der Waals surface area contributed by atoms with Gasteiger partial charge in [0.1, 0.15) is 12.8 Å². The number of rotatable bonds is 2. The Morgan fingerprint density at radius 2 is 1.31 bits per heavy atom. The van der Waals surface area contributed by atoms with Crippen molar-refractivity contribution in [3.63, 3.8) is 0 Å². The molecule has 0 aliphatic rings. The maximum atomic E-state index is 13.0. The van der Waals surface area contributed by atoms with Gasteiger partial charge in [-0.1, -0.05) is 84.9 Å². The van der Waals surface area contributed by atoms with Crippen molar-refractivity contribution in [1.82, 2.24) is 9.38 Å². The Balaban J connectivity index is 1.62. The van der Waals surface area contributed by atoms with Gasteiger partial charge in [0.05, 0.1) is 16.6 Å². The smallest absolute Gasteiger partial charge is 0.146 e. The SMILES string of the molecule is CP(C)(=O)c1ccc(-c2ccc3c4ccccc4c4nc5ccccc5n4c3c2)c2ccccc12. The molecule has 0 N–H and O–H groups in total. The third-order valence-electron chi connectivity index (χ3n) is 7.05. The predicted molar refractivity (Wildman–Crippen MR) is 150 cm³/mol. The first-order valence-corrected chi connectivity index (χ1v) is 14.4. The number of imidazole rings is 1. The highest BCUT2D eigenvalue weighted by Gasteiger charge is 2.18. The van der Waals surface area contributed by atoms with E-state index in [1.54, 1.807) is 0 Å². The van der Waals surface area contributed by atoms with Crippen molar-refractivity contribution in [2.24, 2.45) is 0 Å². The zero-order valence-corrected chi connectivity index (χ0v) is 20.5. The Hall–Kier alpha value is -3.94. The molecule has 3 nitrogen and oxygen atoms in total. The average Bonchev–Trinajstić information content (AvgIpc) is 3.27. The van der Waals surface area contributed by atoms with Crippen molar-refractivity contribution in [3.8, 4) is 11.1 Å². The number of benzene rings is 5. The molecule has 5 aromatic carbocycles. The van der Waals surface area contributed by atoms with Crippen molar-refractivity contribution in [1.29, 1.82) is 0 Å². The lowest BCUT2D eigenvalue weighted by Crippen LogP contribution is -2.05. The third kappa shape index (κ3) is 2.98. The van der Waals surface area contributed by atoms with Crippen molar-refractivity contribution in [2.75, 3.05) is 13.3 Å². The summed E-state index contributed by atoms with van der Waals surface area (Å²) in [6, 6.07) is 36.0. The molecule has 0 fully saturated rings. The topological polar surface area (TPSA) is 34.4 Å². The second-order valence-electron chi connectivity index (χ2n) is 9.57. The summed E-state index contributed by atoms with van der Waals surface area (Å²) in [5, 5.41) is 6.69. The van der Waals surface area contributed by atoms with Gasteiger partial charge in [0.25, 0.3) is 0 Å². The van der Waals surface area contributed by atoms with Crippen LogP contribution in [0.15, 0.2) is 103 Å². The number of hydrogen-bond donors (Lipinski definition) is 0. The molecule has 0 amide bonds. The molecule has 0 unspecified atom stereocenters. The molecular weight excluding hydrogens is 447 g/mol. The average molecular weight is 471 g/mol. The lowest BCUT2D eigenvalue weighted by molar-refractivity contribution is 0.588. The van der Waals surface area contributed by atoms with Crippen LogP contribution in [-0.4, -0.2) is 22.7 Å². The molecule has 0 saturated carbocycles. The summed E-state index contributed by atoms with van der Waals surface area (Å²) in [6.07, 6.45) is 0. The fraction of sp³-hybridized carbons (Fsp3) is 0.0645. The minimum absolute atomic E-state index is 0.937. The normalized spacial score (nSPS) is 12.4. The second-order valence-corrected chi connectivity index (χ2v) is 12.7. The molecule has 7 aromatic rings. The Morgan fingerprint density at radius 1 is 0.629 bits per heavy atom. The van der Waals surface area contributed by atoms with Crippen LogP contribution in [0.3, 0.4) is 0 Å². The molecule has 0 aliphatic heterocycles. The summed E-state index contributed by atoms with van der Waals surface area (Å²) < 4.78 is 15.3. The largest absolute Gasteiger partial charge is 0.319 e. The van der Waals surface area contributed by atoms with Gasteiger partial charge in [-0.3, -0.25) is 4.40 Å². The Bertz CT molecular complexity index is 2010. The van der Waals surface area contributed by atoms with E-state index in [2.05, 4.69) is 89.3 Å². The zero-order chi connectivity index (χ0) is 23.7. The van der Waals surface area contributed by atoms with Crippen LogP contribution in [0.25, 0.3) is 60.3 Å². The summed E-state index contributed by atoms with van der Waals surface area (Å²) in [5.41, 5.74) is 6.49. The Kier molecular flexibility index (Phi) is 4.25. The summed E-state index contributed by atoms with van der Waals surface area (Å²) >= 11 is 0. The van der Waals surface area contributed by atoms with Crippen LogP contribution < -0.4 is 5.30 Å². The molecule has 168 valence electrons. The predicted octanol–water partition coefficient (Wildman–Crippen LogP) is 7.86. The van der Waals surface area contributed by atoms with Crippen LogP contribution in [0.1, 0.15) is 0 Å². The van der Waals surface area contributed by atoms with Crippen LogP contribution in [0.4, 0.5) is 0 Å². The van der Waals surface area contributed by atoms with Crippen molar-refractivity contribution < 1.29 is 4.57 Å². The number of hydrogen-bond acceptors (Lipinski definition) is 2. The van der Waals surface area contributed by atoms with Crippen molar-refractivity contribution in [2.45, 2.75) is 0 Å². The third-order valence-corrected chi connectivity index (χ3v) is 8.60. The van der Waals surface area contributed by atoms with E-state index in [1.165, 1.54) is 10.8 Å². The monoisotopic (exact) mass is 470 g/mol. The van der Waals surface area contributed by atoms with E-state index >= 15 is 0 Å². The lowest BCUT2D eigenvalue weighted by atomic mass is 9.96. The molecule has 7 rings (SSSR count). The van der Waals surface area contributed by atoms with Gasteiger partial charge in [0, 0.05) is 16.1 Å².